The molecule has 54 heavy (non-hydrogen) atoms. The number of aromatic nitrogens is 3. The molecule has 0 saturated heterocycles. The first-order valence-corrected chi connectivity index (χ1v) is 18.9. The van der Waals surface area contributed by atoms with Crippen LogP contribution >= 0.6 is 0 Å². The summed E-state index contributed by atoms with van der Waals surface area (Å²) in [5, 5.41) is 29.9. The van der Waals surface area contributed by atoms with Crippen LogP contribution in [0.15, 0.2) is 30.6 Å². The van der Waals surface area contributed by atoms with Crippen molar-refractivity contribution in [3.8, 4) is 0 Å². The zero-order chi connectivity index (χ0) is 40.7. The Balaban J connectivity index is 2.19. The van der Waals surface area contributed by atoms with Crippen LogP contribution in [0.3, 0.4) is 0 Å². The van der Waals surface area contributed by atoms with Gasteiger partial charge in [-0.05, 0) is 89.5 Å². The molecule has 0 bridgehead atoms. The molecule has 0 aliphatic rings. The molecular weight excluding hydrogens is 692 g/mol. The van der Waals surface area contributed by atoms with E-state index in [1.807, 2.05) is 54.5 Å². The first kappa shape index (κ1) is 45.6. The molecule has 0 saturated carbocycles. The highest BCUT2D eigenvalue weighted by Gasteiger charge is 2.33. The smallest absolute Gasteiger partial charge is 0.407 e. The minimum Gasteiger partial charge on any atom is -0.444 e. The van der Waals surface area contributed by atoms with E-state index in [-0.39, 0.29) is 37.3 Å². The van der Waals surface area contributed by atoms with Crippen LogP contribution in [-0.2, 0) is 37.0 Å². The third kappa shape index (κ3) is 15.8. The van der Waals surface area contributed by atoms with Crippen LogP contribution in [0.25, 0.3) is 0 Å². The van der Waals surface area contributed by atoms with E-state index in [0.29, 0.717) is 19.4 Å². The number of hydrogen-bond acceptors (Lipinski definition) is 9. The highest BCUT2D eigenvalue weighted by Crippen LogP contribution is 2.17. The van der Waals surface area contributed by atoms with Crippen molar-refractivity contribution in [2.75, 3.05) is 6.54 Å². The van der Waals surface area contributed by atoms with Crippen molar-refractivity contribution in [2.24, 2.45) is 23.7 Å². The van der Waals surface area contributed by atoms with E-state index in [0.717, 1.165) is 17.0 Å². The van der Waals surface area contributed by atoms with Gasteiger partial charge in [0, 0.05) is 30.6 Å². The average Bonchev–Trinajstić information content (AvgIpc) is 3.40. The summed E-state index contributed by atoms with van der Waals surface area (Å²) in [5.74, 6) is -3.17. The van der Waals surface area contributed by atoms with Gasteiger partial charge in [-0.2, -0.15) is 5.10 Å². The predicted octanol–water partition coefficient (Wildman–Crippen LogP) is 3.31. The van der Waals surface area contributed by atoms with Crippen LogP contribution in [0.4, 0.5) is 4.79 Å². The van der Waals surface area contributed by atoms with Crippen LogP contribution in [0.2, 0.25) is 0 Å². The van der Waals surface area contributed by atoms with Crippen molar-refractivity contribution in [2.45, 2.75) is 138 Å². The number of aryl methyl sites for hydroxylation is 2. The van der Waals surface area contributed by atoms with Crippen molar-refractivity contribution in [3.05, 3.63) is 47.5 Å². The van der Waals surface area contributed by atoms with Crippen molar-refractivity contribution >= 4 is 29.7 Å². The van der Waals surface area contributed by atoms with Gasteiger partial charge in [0.1, 0.15) is 17.7 Å². The normalized spacial score (nSPS) is 15.0. The number of nitrogens with one attached hydrogen (secondary N) is 5. The lowest BCUT2D eigenvalue weighted by Crippen LogP contribution is -2.58. The molecule has 6 N–H and O–H groups in total. The lowest BCUT2D eigenvalue weighted by molar-refractivity contribution is -0.133. The second-order valence-electron chi connectivity index (χ2n) is 15.9. The van der Waals surface area contributed by atoms with Gasteiger partial charge in [0.25, 0.3) is 0 Å². The third-order valence-corrected chi connectivity index (χ3v) is 8.87. The number of hydrogen-bond donors (Lipinski definition) is 6. The van der Waals surface area contributed by atoms with E-state index in [1.165, 1.54) is 0 Å². The minimum absolute atomic E-state index is 0.0132. The number of alkyl carbamates (subject to hydrolysis) is 1. The Morgan fingerprint density at radius 3 is 2.06 bits per heavy atom. The molecule has 0 aromatic carbocycles. The molecule has 2 heterocycles. The Bertz CT molecular complexity index is 1520. The van der Waals surface area contributed by atoms with Crippen molar-refractivity contribution < 1.29 is 33.8 Å². The molecule has 6 atom stereocenters. The lowest BCUT2D eigenvalue weighted by Gasteiger charge is -2.30. The van der Waals surface area contributed by atoms with E-state index in [1.54, 1.807) is 56.9 Å². The molecule has 15 heteroatoms. The summed E-state index contributed by atoms with van der Waals surface area (Å²) in [6.07, 6.45) is 2.18. The van der Waals surface area contributed by atoms with E-state index in [4.69, 9.17) is 4.74 Å². The quantitative estimate of drug-likeness (QED) is 0.117. The lowest BCUT2D eigenvalue weighted by atomic mass is 9.91. The number of aliphatic hydroxyl groups excluding tert-OH is 1. The molecule has 0 aliphatic heterocycles. The first-order chi connectivity index (χ1) is 25.2. The standard InChI is InChI=1S/C39H64N8O7/c1-12-29(22-47-27(8)19-26(7)46-47)35(50)44-31(21-42-38(53)54-39(9,10)11)36(51)43-30(17-23(2)3)32(48)18-25(6)34(49)45-33(24(4)5)37(52)41-20-28-13-15-40-16-14-28/h13-16,19,23-25,29-33,48H,12,17-18,20-22H2,1-11H3,(H,41,52)(H,42,53)(H,43,51)(H,44,50)(H,45,49). The first-order valence-electron chi connectivity index (χ1n) is 18.9. The average molecular weight is 757 g/mol. The van der Waals surface area contributed by atoms with Crippen LogP contribution in [0.1, 0.15) is 98.5 Å². The second-order valence-corrected chi connectivity index (χ2v) is 15.9. The third-order valence-electron chi connectivity index (χ3n) is 8.87. The van der Waals surface area contributed by atoms with E-state index >= 15 is 0 Å². The molecular formula is C39H64N8O7. The van der Waals surface area contributed by atoms with Gasteiger partial charge in [-0.1, -0.05) is 41.5 Å². The van der Waals surface area contributed by atoms with Crippen molar-refractivity contribution in [3.63, 3.8) is 0 Å². The van der Waals surface area contributed by atoms with Gasteiger partial charge in [-0.25, -0.2) is 4.79 Å². The van der Waals surface area contributed by atoms with Gasteiger partial charge >= 0.3 is 6.09 Å². The SMILES string of the molecule is CCC(Cn1nc(C)cc1C)C(=O)NC(CNC(=O)OC(C)(C)C)C(=O)NC(CC(C)C)C(O)CC(C)C(=O)NC(C(=O)NCc1ccncc1)C(C)C. The summed E-state index contributed by atoms with van der Waals surface area (Å²) in [6, 6.07) is 2.69. The highest BCUT2D eigenvalue weighted by atomic mass is 16.6. The van der Waals surface area contributed by atoms with Gasteiger partial charge in [0.2, 0.25) is 23.6 Å². The molecule has 2 rings (SSSR count). The molecule has 0 radical (unpaired) electrons. The molecule has 2 aromatic heterocycles. The van der Waals surface area contributed by atoms with E-state index in [2.05, 4.69) is 36.7 Å². The molecule has 6 unspecified atom stereocenters. The summed E-state index contributed by atoms with van der Waals surface area (Å²) in [7, 11) is 0. The number of carbonyl (C=O) groups excluding carboxylic acids is 5. The van der Waals surface area contributed by atoms with Gasteiger partial charge in [0.05, 0.1) is 36.8 Å². The van der Waals surface area contributed by atoms with Crippen molar-refractivity contribution in [1.29, 1.82) is 0 Å². The summed E-state index contributed by atoms with van der Waals surface area (Å²) >= 11 is 0. The maximum absolute atomic E-state index is 13.9. The Morgan fingerprint density at radius 2 is 1.52 bits per heavy atom. The molecule has 302 valence electrons. The fourth-order valence-corrected chi connectivity index (χ4v) is 5.83. The Kier molecular flexibility index (Phi) is 18.1. The van der Waals surface area contributed by atoms with Crippen LogP contribution in [0.5, 0.6) is 0 Å². The summed E-state index contributed by atoms with van der Waals surface area (Å²) in [6.45, 7) is 20.3. The Labute approximate surface area is 320 Å². The molecule has 15 nitrogen and oxygen atoms in total. The van der Waals surface area contributed by atoms with E-state index < -0.39 is 65.5 Å². The number of aliphatic hydroxyl groups is 1. The molecule has 5 amide bonds. The Hall–Kier alpha value is -4.53. The molecule has 0 spiro atoms. The fourth-order valence-electron chi connectivity index (χ4n) is 5.83. The fraction of sp³-hybridized carbons (Fsp3) is 0.667. The zero-order valence-electron chi connectivity index (χ0n) is 34.0. The predicted molar refractivity (Wildman–Crippen MR) is 206 cm³/mol. The summed E-state index contributed by atoms with van der Waals surface area (Å²) in [5.41, 5.74) is 1.81. The van der Waals surface area contributed by atoms with Gasteiger partial charge in [-0.3, -0.25) is 28.8 Å². The number of carbonyl (C=O) groups is 5. The Morgan fingerprint density at radius 1 is 0.870 bits per heavy atom. The highest BCUT2D eigenvalue weighted by molar-refractivity contribution is 5.90. The maximum Gasteiger partial charge on any atom is 0.407 e. The summed E-state index contributed by atoms with van der Waals surface area (Å²) < 4.78 is 7.11. The van der Waals surface area contributed by atoms with Gasteiger partial charge in [0.15, 0.2) is 0 Å². The second kappa shape index (κ2) is 21.4. The molecule has 0 aliphatic carbocycles. The molecule has 2 aromatic rings. The van der Waals surface area contributed by atoms with Crippen molar-refractivity contribution in [1.82, 2.24) is 41.3 Å². The van der Waals surface area contributed by atoms with Crippen LogP contribution in [-0.4, -0.2) is 86.0 Å². The maximum atomic E-state index is 13.9. The monoisotopic (exact) mass is 756 g/mol. The van der Waals surface area contributed by atoms with Crippen LogP contribution < -0.4 is 26.6 Å². The number of ether oxygens (including phenoxy) is 1. The number of amides is 5. The zero-order valence-corrected chi connectivity index (χ0v) is 34.0. The minimum atomic E-state index is -1.21. The number of pyridine rings is 1. The number of nitrogens with zero attached hydrogens (tertiary/aromatic N) is 3. The molecule has 0 fully saturated rings. The largest absolute Gasteiger partial charge is 0.444 e. The van der Waals surface area contributed by atoms with Crippen LogP contribution in [0, 0.1) is 37.5 Å². The summed E-state index contributed by atoms with van der Waals surface area (Å²) in [4.78, 5) is 70.5. The topological polar surface area (TPSA) is 206 Å². The number of rotatable bonds is 20. The van der Waals surface area contributed by atoms with E-state index in [9.17, 15) is 29.1 Å². The van der Waals surface area contributed by atoms with Gasteiger partial charge < -0.3 is 36.4 Å². The van der Waals surface area contributed by atoms with Gasteiger partial charge in [-0.15, -0.1) is 0 Å².